The van der Waals surface area contributed by atoms with E-state index in [2.05, 4.69) is 24.5 Å². The number of ether oxygens (including phenoxy) is 1. The number of carbonyl (C=O) groups is 2. The van der Waals surface area contributed by atoms with Crippen molar-refractivity contribution in [1.82, 2.24) is 10.6 Å². The van der Waals surface area contributed by atoms with Gasteiger partial charge in [0.15, 0.2) is 0 Å². The maximum Gasteiger partial charge on any atom is 0.408 e. The molecule has 0 saturated heterocycles. The second-order valence-electron chi connectivity index (χ2n) is 8.90. The number of amides is 2. The molecular weight excluding hydrogens is 424 g/mol. The highest BCUT2D eigenvalue weighted by molar-refractivity contribution is 6.01. The maximum absolute atomic E-state index is 12.9. The van der Waals surface area contributed by atoms with Gasteiger partial charge in [0.1, 0.15) is 6.10 Å². The fourth-order valence-electron chi connectivity index (χ4n) is 3.85. The SMILES string of the molecule is CC(C)CCNC(=O)c1ccccc1-c1ccccc1C(C)NC(=O)O[C@@H](C)c1ccccc1. The van der Waals surface area contributed by atoms with Gasteiger partial charge in [0.05, 0.1) is 6.04 Å². The first-order valence-corrected chi connectivity index (χ1v) is 11.9. The summed E-state index contributed by atoms with van der Waals surface area (Å²) in [6.07, 6.45) is 0.0758. The van der Waals surface area contributed by atoms with E-state index in [0.29, 0.717) is 18.0 Å². The summed E-state index contributed by atoms with van der Waals surface area (Å²) >= 11 is 0. The average Bonchev–Trinajstić information content (AvgIpc) is 2.84. The van der Waals surface area contributed by atoms with Gasteiger partial charge in [0.25, 0.3) is 5.91 Å². The van der Waals surface area contributed by atoms with Crippen LogP contribution in [0.3, 0.4) is 0 Å². The molecule has 2 amide bonds. The minimum Gasteiger partial charge on any atom is -0.442 e. The van der Waals surface area contributed by atoms with E-state index in [0.717, 1.165) is 28.7 Å². The highest BCUT2D eigenvalue weighted by atomic mass is 16.6. The molecular formula is C29H34N2O3. The van der Waals surface area contributed by atoms with Crippen molar-refractivity contribution >= 4 is 12.0 Å². The molecule has 0 heterocycles. The van der Waals surface area contributed by atoms with Crippen LogP contribution in [-0.2, 0) is 4.74 Å². The minimum absolute atomic E-state index is 0.0947. The Balaban J connectivity index is 1.77. The average molecular weight is 459 g/mol. The van der Waals surface area contributed by atoms with E-state index in [1.807, 2.05) is 92.7 Å². The lowest BCUT2D eigenvalue weighted by molar-refractivity contribution is 0.0951. The number of hydrogen-bond donors (Lipinski definition) is 2. The van der Waals surface area contributed by atoms with Crippen molar-refractivity contribution in [3.05, 3.63) is 95.6 Å². The number of alkyl carbamates (subject to hydrolysis) is 1. The van der Waals surface area contributed by atoms with Gasteiger partial charge in [-0.2, -0.15) is 0 Å². The molecule has 0 aliphatic heterocycles. The van der Waals surface area contributed by atoms with Crippen LogP contribution < -0.4 is 10.6 Å². The van der Waals surface area contributed by atoms with E-state index in [9.17, 15) is 9.59 Å². The number of nitrogens with one attached hydrogen (secondary N) is 2. The molecule has 0 aromatic heterocycles. The fourth-order valence-corrected chi connectivity index (χ4v) is 3.85. The van der Waals surface area contributed by atoms with Crippen LogP contribution in [0, 0.1) is 5.92 Å². The summed E-state index contributed by atoms with van der Waals surface area (Å²) in [5, 5.41) is 5.97. The largest absolute Gasteiger partial charge is 0.442 e. The summed E-state index contributed by atoms with van der Waals surface area (Å²) in [5.74, 6) is 0.426. The van der Waals surface area contributed by atoms with Crippen molar-refractivity contribution in [2.45, 2.75) is 46.3 Å². The van der Waals surface area contributed by atoms with Gasteiger partial charge in [0.2, 0.25) is 0 Å². The van der Waals surface area contributed by atoms with Crippen LogP contribution >= 0.6 is 0 Å². The second kappa shape index (κ2) is 12.0. The molecule has 34 heavy (non-hydrogen) atoms. The molecule has 0 aliphatic carbocycles. The van der Waals surface area contributed by atoms with Gasteiger partial charge in [-0.15, -0.1) is 0 Å². The van der Waals surface area contributed by atoms with Crippen molar-refractivity contribution in [3.63, 3.8) is 0 Å². The quantitative estimate of drug-likeness (QED) is 0.376. The topological polar surface area (TPSA) is 67.4 Å². The molecule has 178 valence electrons. The van der Waals surface area contributed by atoms with Crippen molar-refractivity contribution in [2.75, 3.05) is 6.54 Å². The molecule has 0 spiro atoms. The van der Waals surface area contributed by atoms with Crippen LogP contribution in [-0.4, -0.2) is 18.5 Å². The van der Waals surface area contributed by atoms with Crippen molar-refractivity contribution in [2.24, 2.45) is 5.92 Å². The van der Waals surface area contributed by atoms with E-state index >= 15 is 0 Å². The Morgan fingerprint density at radius 1 is 0.794 bits per heavy atom. The second-order valence-corrected chi connectivity index (χ2v) is 8.90. The van der Waals surface area contributed by atoms with Gasteiger partial charge in [-0.05, 0) is 54.5 Å². The van der Waals surface area contributed by atoms with Gasteiger partial charge < -0.3 is 15.4 Å². The van der Waals surface area contributed by atoms with Crippen LogP contribution in [0.2, 0.25) is 0 Å². The summed E-state index contributed by atoms with van der Waals surface area (Å²) in [6, 6.07) is 24.7. The summed E-state index contributed by atoms with van der Waals surface area (Å²) < 4.78 is 5.59. The molecule has 2 atom stereocenters. The molecule has 5 heteroatoms. The summed E-state index contributed by atoms with van der Waals surface area (Å²) in [5.41, 5.74) is 4.20. The zero-order chi connectivity index (χ0) is 24.5. The molecule has 3 aromatic rings. The zero-order valence-corrected chi connectivity index (χ0v) is 20.4. The Bertz CT molecular complexity index is 1100. The van der Waals surface area contributed by atoms with Gasteiger partial charge >= 0.3 is 6.09 Å². The maximum atomic E-state index is 12.9. The Morgan fingerprint density at radius 3 is 2.12 bits per heavy atom. The molecule has 0 radical (unpaired) electrons. The van der Waals surface area contributed by atoms with Crippen LogP contribution in [0.15, 0.2) is 78.9 Å². The first kappa shape index (κ1) is 25.0. The summed E-state index contributed by atoms with van der Waals surface area (Å²) in [4.78, 5) is 25.5. The van der Waals surface area contributed by atoms with E-state index in [-0.39, 0.29) is 18.1 Å². The van der Waals surface area contributed by atoms with Crippen molar-refractivity contribution < 1.29 is 14.3 Å². The van der Waals surface area contributed by atoms with E-state index in [1.165, 1.54) is 0 Å². The Labute approximate surface area is 202 Å². The van der Waals surface area contributed by atoms with Crippen LogP contribution in [0.25, 0.3) is 11.1 Å². The van der Waals surface area contributed by atoms with E-state index < -0.39 is 6.09 Å². The smallest absolute Gasteiger partial charge is 0.408 e. The van der Waals surface area contributed by atoms with Crippen molar-refractivity contribution in [1.29, 1.82) is 0 Å². The summed E-state index contributed by atoms with van der Waals surface area (Å²) in [7, 11) is 0. The van der Waals surface area contributed by atoms with Crippen LogP contribution in [0.5, 0.6) is 0 Å². The number of rotatable bonds is 9. The van der Waals surface area contributed by atoms with E-state index in [1.54, 1.807) is 0 Å². The molecule has 5 nitrogen and oxygen atoms in total. The van der Waals surface area contributed by atoms with E-state index in [4.69, 9.17) is 4.74 Å². The molecule has 3 aromatic carbocycles. The number of benzene rings is 3. The third-order valence-corrected chi connectivity index (χ3v) is 5.78. The predicted octanol–water partition coefficient (Wildman–Crippen LogP) is 6.68. The van der Waals surface area contributed by atoms with Gasteiger partial charge in [0, 0.05) is 12.1 Å². The zero-order valence-electron chi connectivity index (χ0n) is 20.4. The highest BCUT2D eigenvalue weighted by Crippen LogP contribution is 2.31. The number of hydrogen-bond acceptors (Lipinski definition) is 3. The highest BCUT2D eigenvalue weighted by Gasteiger charge is 2.20. The molecule has 0 bridgehead atoms. The van der Waals surface area contributed by atoms with Gasteiger partial charge in [-0.25, -0.2) is 4.79 Å². The molecule has 0 fully saturated rings. The first-order chi connectivity index (χ1) is 16.4. The Hall–Kier alpha value is -3.60. The standard InChI is InChI=1S/C29H34N2O3/c1-20(2)18-19-30-28(32)27-17-11-10-16-26(27)25-15-9-8-14-24(25)21(3)31-29(33)34-22(4)23-12-6-5-7-13-23/h5-17,20-22H,18-19H2,1-4H3,(H,30,32)(H,31,33)/t21?,22-/m0/s1. The Morgan fingerprint density at radius 2 is 1.41 bits per heavy atom. The third-order valence-electron chi connectivity index (χ3n) is 5.78. The van der Waals surface area contributed by atoms with Gasteiger partial charge in [-0.1, -0.05) is 86.6 Å². The van der Waals surface area contributed by atoms with Crippen LogP contribution in [0.4, 0.5) is 4.79 Å². The normalized spacial score (nSPS) is 12.6. The molecule has 2 N–H and O–H groups in total. The lowest BCUT2D eigenvalue weighted by Crippen LogP contribution is -2.29. The Kier molecular flexibility index (Phi) is 8.86. The minimum atomic E-state index is -0.488. The molecule has 0 aliphatic rings. The van der Waals surface area contributed by atoms with Gasteiger partial charge in [-0.3, -0.25) is 4.79 Å². The molecule has 0 saturated carbocycles. The molecule has 1 unspecified atom stereocenters. The summed E-state index contributed by atoms with van der Waals surface area (Å²) in [6.45, 7) is 8.67. The first-order valence-electron chi connectivity index (χ1n) is 11.9. The lowest BCUT2D eigenvalue weighted by atomic mass is 9.92. The molecule has 3 rings (SSSR count). The van der Waals surface area contributed by atoms with Crippen molar-refractivity contribution in [3.8, 4) is 11.1 Å². The fraction of sp³-hybridized carbons (Fsp3) is 0.310. The van der Waals surface area contributed by atoms with Crippen LogP contribution in [0.1, 0.15) is 67.7 Å². The predicted molar refractivity (Wildman–Crippen MR) is 137 cm³/mol. The monoisotopic (exact) mass is 458 g/mol. The lowest BCUT2D eigenvalue weighted by Gasteiger charge is -2.21. The number of carbonyl (C=O) groups excluding carboxylic acids is 2. The third kappa shape index (κ3) is 6.70.